The van der Waals surface area contributed by atoms with E-state index in [0.717, 1.165) is 5.56 Å². The number of carbonyl (C=O) groups excluding carboxylic acids is 1. The lowest BCUT2D eigenvalue weighted by Crippen LogP contribution is -2.34. The van der Waals surface area contributed by atoms with E-state index in [4.69, 9.17) is 30.8 Å². The first-order valence-corrected chi connectivity index (χ1v) is 12.6. The van der Waals surface area contributed by atoms with E-state index in [2.05, 4.69) is 15.6 Å². The van der Waals surface area contributed by atoms with Crippen LogP contribution in [0, 0.1) is 6.92 Å². The van der Waals surface area contributed by atoms with E-state index >= 15 is 0 Å². The predicted molar refractivity (Wildman–Crippen MR) is 149 cm³/mol. The van der Waals surface area contributed by atoms with Crippen molar-refractivity contribution in [2.45, 2.75) is 27.7 Å². The van der Waals surface area contributed by atoms with Gasteiger partial charge in [-0.2, -0.15) is 0 Å². The standard InChI is InChI=1S/C28H29N3O6S/c1-5-34-23-13-17(14-24(35-6-2)25(23)36-7-3)26(33)31-28(38)29-18-9-10-19(21(32)15-18)27-30-20-11-8-16(4)12-22(20)37-27/h8-15,32H,5-7H2,1-4H3,(H2,29,31,33,38). The van der Waals surface area contributed by atoms with E-state index in [1.54, 1.807) is 24.3 Å². The molecule has 9 nitrogen and oxygen atoms in total. The summed E-state index contributed by atoms with van der Waals surface area (Å²) in [5.41, 5.74) is 3.58. The highest BCUT2D eigenvalue weighted by Crippen LogP contribution is 2.39. The molecule has 4 rings (SSSR count). The van der Waals surface area contributed by atoms with Crippen molar-refractivity contribution in [2.75, 3.05) is 25.1 Å². The van der Waals surface area contributed by atoms with E-state index in [9.17, 15) is 9.90 Å². The summed E-state index contributed by atoms with van der Waals surface area (Å²) in [4.78, 5) is 17.4. The number of thiocarbonyl (C=S) groups is 1. The van der Waals surface area contributed by atoms with Gasteiger partial charge in [-0.05, 0) is 81.9 Å². The highest BCUT2D eigenvalue weighted by atomic mass is 32.1. The van der Waals surface area contributed by atoms with Gasteiger partial charge >= 0.3 is 0 Å². The molecule has 198 valence electrons. The van der Waals surface area contributed by atoms with Crippen LogP contribution in [0.1, 0.15) is 36.7 Å². The summed E-state index contributed by atoms with van der Waals surface area (Å²) in [7, 11) is 0. The number of ether oxygens (including phenoxy) is 3. The predicted octanol–water partition coefficient (Wildman–Crippen LogP) is 5.83. The second-order valence-electron chi connectivity index (χ2n) is 8.23. The maximum atomic E-state index is 13.0. The third-order valence-electron chi connectivity index (χ3n) is 5.43. The molecule has 1 aromatic heterocycles. The van der Waals surface area contributed by atoms with Gasteiger partial charge in [-0.25, -0.2) is 4.98 Å². The van der Waals surface area contributed by atoms with Crippen molar-refractivity contribution in [3.8, 4) is 34.5 Å². The number of hydrogen-bond donors (Lipinski definition) is 3. The fraction of sp³-hybridized carbons (Fsp3) is 0.250. The number of phenolic OH excluding ortho intramolecular Hbond substituents is 1. The Morgan fingerprint density at radius 1 is 0.974 bits per heavy atom. The molecule has 0 aliphatic carbocycles. The average molecular weight is 536 g/mol. The van der Waals surface area contributed by atoms with Crippen LogP contribution in [0.15, 0.2) is 52.9 Å². The molecule has 4 aromatic rings. The molecular weight excluding hydrogens is 506 g/mol. The Hall–Kier alpha value is -4.31. The molecule has 3 aromatic carbocycles. The molecule has 0 saturated heterocycles. The Balaban J connectivity index is 1.49. The zero-order valence-corrected chi connectivity index (χ0v) is 22.4. The SMILES string of the molecule is CCOc1cc(C(=O)NC(=S)Nc2ccc(-c3nc4ccc(C)cc4o3)c(O)c2)cc(OCC)c1OCC. The van der Waals surface area contributed by atoms with Crippen LogP contribution in [0.4, 0.5) is 5.69 Å². The number of nitrogens with one attached hydrogen (secondary N) is 2. The molecule has 10 heteroatoms. The minimum atomic E-state index is -0.463. The number of aromatic nitrogens is 1. The second-order valence-corrected chi connectivity index (χ2v) is 8.64. The number of anilines is 1. The Morgan fingerprint density at radius 2 is 1.66 bits per heavy atom. The van der Waals surface area contributed by atoms with E-state index in [-0.39, 0.29) is 16.4 Å². The fourth-order valence-electron chi connectivity index (χ4n) is 3.79. The van der Waals surface area contributed by atoms with Crippen molar-refractivity contribution in [2.24, 2.45) is 0 Å². The van der Waals surface area contributed by atoms with Crippen LogP contribution >= 0.6 is 12.2 Å². The first-order chi connectivity index (χ1) is 18.3. The molecule has 0 saturated carbocycles. The summed E-state index contributed by atoms with van der Waals surface area (Å²) >= 11 is 5.33. The summed E-state index contributed by atoms with van der Waals surface area (Å²) in [5, 5.41) is 16.2. The summed E-state index contributed by atoms with van der Waals surface area (Å²) in [6.45, 7) is 8.69. The van der Waals surface area contributed by atoms with Gasteiger partial charge in [0.15, 0.2) is 22.2 Å². The van der Waals surface area contributed by atoms with Crippen molar-refractivity contribution in [1.82, 2.24) is 10.3 Å². The van der Waals surface area contributed by atoms with Gasteiger partial charge in [0.25, 0.3) is 5.91 Å². The Kier molecular flexibility index (Phi) is 8.32. The van der Waals surface area contributed by atoms with E-state index in [0.29, 0.717) is 65.3 Å². The second kappa shape index (κ2) is 11.8. The zero-order chi connectivity index (χ0) is 27.2. The first-order valence-electron chi connectivity index (χ1n) is 12.2. The van der Waals surface area contributed by atoms with Gasteiger partial charge < -0.3 is 29.1 Å². The molecule has 1 amide bonds. The number of phenols is 1. The molecule has 0 bridgehead atoms. The van der Waals surface area contributed by atoms with Gasteiger partial charge in [0.2, 0.25) is 11.6 Å². The number of benzene rings is 3. The van der Waals surface area contributed by atoms with Crippen LogP contribution in [0.25, 0.3) is 22.6 Å². The number of hydrogen-bond acceptors (Lipinski definition) is 8. The van der Waals surface area contributed by atoms with Crippen LogP contribution in [-0.2, 0) is 0 Å². The average Bonchev–Trinajstić information content (AvgIpc) is 3.28. The summed E-state index contributed by atoms with van der Waals surface area (Å²) in [6, 6.07) is 13.7. The van der Waals surface area contributed by atoms with Crippen molar-refractivity contribution >= 4 is 40.0 Å². The molecule has 0 radical (unpaired) electrons. The Labute approximate surface area is 225 Å². The normalized spacial score (nSPS) is 10.7. The number of aromatic hydroxyl groups is 1. The lowest BCUT2D eigenvalue weighted by molar-refractivity contribution is 0.0976. The van der Waals surface area contributed by atoms with Gasteiger partial charge in [-0.15, -0.1) is 0 Å². The van der Waals surface area contributed by atoms with Crippen LogP contribution in [0.5, 0.6) is 23.0 Å². The molecule has 38 heavy (non-hydrogen) atoms. The van der Waals surface area contributed by atoms with Crippen LogP contribution in [0.2, 0.25) is 0 Å². The van der Waals surface area contributed by atoms with Crippen molar-refractivity contribution in [3.05, 3.63) is 59.7 Å². The largest absolute Gasteiger partial charge is 0.507 e. The fourth-order valence-corrected chi connectivity index (χ4v) is 4.01. The van der Waals surface area contributed by atoms with Gasteiger partial charge in [0.1, 0.15) is 11.3 Å². The van der Waals surface area contributed by atoms with Gasteiger partial charge in [0, 0.05) is 17.3 Å². The number of oxazole rings is 1. The van der Waals surface area contributed by atoms with Gasteiger partial charge in [0.05, 0.1) is 25.4 Å². The summed E-state index contributed by atoms with van der Waals surface area (Å²) in [5.74, 6) is 1.03. The number of aryl methyl sites for hydroxylation is 1. The molecule has 0 unspecified atom stereocenters. The Bertz CT molecular complexity index is 1460. The number of fused-ring (bicyclic) bond motifs is 1. The van der Waals surface area contributed by atoms with Crippen molar-refractivity contribution < 1.29 is 28.5 Å². The van der Waals surface area contributed by atoms with E-state index in [1.807, 2.05) is 45.9 Å². The Morgan fingerprint density at radius 3 is 2.29 bits per heavy atom. The minimum Gasteiger partial charge on any atom is -0.507 e. The highest BCUT2D eigenvalue weighted by molar-refractivity contribution is 7.80. The molecular formula is C28H29N3O6S. The van der Waals surface area contributed by atoms with Gasteiger partial charge in [-0.3, -0.25) is 10.1 Å². The highest BCUT2D eigenvalue weighted by Gasteiger charge is 2.19. The first kappa shape index (κ1) is 26.7. The van der Waals surface area contributed by atoms with Crippen LogP contribution in [0.3, 0.4) is 0 Å². The van der Waals surface area contributed by atoms with E-state index in [1.165, 1.54) is 6.07 Å². The topological polar surface area (TPSA) is 115 Å². The maximum Gasteiger partial charge on any atom is 0.257 e. The smallest absolute Gasteiger partial charge is 0.257 e. The molecule has 3 N–H and O–H groups in total. The van der Waals surface area contributed by atoms with E-state index < -0.39 is 5.91 Å². The molecule has 0 spiro atoms. The van der Waals surface area contributed by atoms with Crippen LogP contribution < -0.4 is 24.8 Å². The third kappa shape index (κ3) is 5.97. The summed E-state index contributed by atoms with van der Waals surface area (Å²) in [6.07, 6.45) is 0. The lowest BCUT2D eigenvalue weighted by atomic mass is 10.1. The molecule has 1 heterocycles. The van der Waals surface area contributed by atoms with Crippen LogP contribution in [-0.4, -0.2) is 40.9 Å². The molecule has 0 atom stereocenters. The molecule has 0 aliphatic rings. The molecule has 0 fully saturated rings. The summed E-state index contributed by atoms with van der Waals surface area (Å²) < 4.78 is 22.9. The number of amides is 1. The third-order valence-corrected chi connectivity index (χ3v) is 5.63. The number of nitrogens with zero attached hydrogens (tertiary/aromatic N) is 1. The lowest BCUT2D eigenvalue weighted by Gasteiger charge is -2.17. The minimum absolute atomic E-state index is 0.0456. The number of rotatable bonds is 9. The number of carbonyl (C=O) groups is 1. The van der Waals surface area contributed by atoms with Crippen molar-refractivity contribution in [1.29, 1.82) is 0 Å². The molecule has 0 aliphatic heterocycles. The van der Waals surface area contributed by atoms with Crippen molar-refractivity contribution in [3.63, 3.8) is 0 Å². The van der Waals surface area contributed by atoms with Gasteiger partial charge in [-0.1, -0.05) is 6.07 Å². The zero-order valence-electron chi connectivity index (χ0n) is 21.6. The quantitative estimate of drug-likeness (QED) is 0.228. The monoisotopic (exact) mass is 535 g/mol. The maximum absolute atomic E-state index is 13.0.